The summed E-state index contributed by atoms with van der Waals surface area (Å²) in [4.78, 5) is 15.4. The highest BCUT2D eigenvalue weighted by molar-refractivity contribution is 7.92. The van der Waals surface area contributed by atoms with E-state index < -0.39 is 31.2 Å². The number of nitrogens with zero attached hydrogens (tertiary/aromatic N) is 3. The van der Waals surface area contributed by atoms with Crippen molar-refractivity contribution in [1.29, 1.82) is 0 Å². The Hall–Kier alpha value is -2.97. The van der Waals surface area contributed by atoms with Crippen molar-refractivity contribution in [3.8, 4) is 17.0 Å². The Labute approximate surface area is 271 Å². The summed E-state index contributed by atoms with van der Waals surface area (Å²) < 4.78 is 69.5. The molecule has 1 aliphatic carbocycles. The number of benzene rings is 2. The molecule has 3 aromatic rings. The van der Waals surface area contributed by atoms with E-state index in [1.807, 2.05) is 24.3 Å². The molecule has 46 heavy (non-hydrogen) atoms. The van der Waals surface area contributed by atoms with Gasteiger partial charge in [0.25, 0.3) is 5.91 Å². The average molecular weight is 673 g/mol. The molecule has 1 aromatic heterocycles. The van der Waals surface area contributed by atoms with Crippen molar-refractivity contribution >= 4 is 36.9 Å². The standard InChI is InChI=1S/C33H44N4O7S2/c1-35(2)46(41,42)34-33(38)24-9-11-29-30(21-24)37-22-27(45(39,40)18-15-36-13-16-44-17-14-36)20-25-19-26(43-3)10-12-28(25)32(37)31(29)23-7-5-4-6-8-23/h9-12,19,21,23,27H,4-8,13-18,20,22H2,1-3H3,(H,34,38). The molecular formula is C33H44N4O7S2. The van der Waals surface area contributed by atoms with Crippen molar-refractivity contribution in [2.24, 2.45) is 0 Å². The molecule has 6 rings (SSSR count). The van der Waals surface area contributed by atoms with Crippen LogP contribution in [-0.2, 0) is 37.7 Å². The molecule has 2 fully saturated rings. The molecule has 3 aliphatic rings. The molecule has 1 unspecified atom stereocenters. The van der Waals surface area contributed by atoms with Gasteiger partial charge in [-0.05, 0) is 66.6 Å². The van der Waals surface area contributed by atoms with E-state index in [0.717, 1.165) is 57.7 Å². The zero-order chi connectivity index (χ0) is 32.6. The van der Waals surface area contributed by atoms with Gasteiger partial charge in [-0.1, -0.05) is 25.3 Å². The van der Waals surface area contributed by atoms with Crippen LogP contribution in [0.5, 0.6) is 5.75 Å². The number of carbonyl (C=O) groups is 1. The molecule has 0 radical (unpaired) electrons. The van der Waals surface area contributed by atoms with Crippen molar-refractivity contribution in [2.45, 2.75) is 56.2 Å². The first-order valence-electron chi connectivity index (χ1n) is 16.1. The van der Waals surface area contributed by atoms with Crippen molar-refractivity contribution < 1.29 is 31.1 Å². The summed E-state index contributed by atoms with van der Waals surface area (Å²) in [6.07, 6.45) is 5.82. The molecule has 2 aliphatic heterocycles. The van der Waals surface area contributed by atoms with Gasteiger partial charge in [-0.25, -0.2) is 13.1 Å². The van der Waals surface area contributed by atoms with E-state index in [4.69, 9.17) is 9.47 Å². The SMILES string of the molecule is COc1ccc2c(c1)CC(S(=O)(=O)CCN1CCOCC1)Cn1c-2c(C2CCCCC2)c2ccc(C(=O)NS(=O)(=O)N(C)C)cc21. The van der Waals surface area contributed by atoms with Gasteiger partial charge in [-0.2, -0.15) is 12.7 Å². The molecule has 0 bridgehead atoms. The Kier molecular flexibility index (Phi) is 9.50. The summed E-state index contributed by atoms with van der Waals surface area (Å²) in [7, 11) is -3.24. The van der Waals surface area contributed by atoms with Crippen LogP contribution in [-0.4, -0.2) is 102 Å². The zero-order valence-electron chi connectivity index (χ0n) is 26.8. The zero-order valence-corrected chi connectivity index (χ0v) is 28.5. The second kappa shape index (κ2) is 13.3. The minimum absolute atomic E-state index is 0.0387. The van der Waals surface area contributed by atoms with Crippen LogP contribution in [0.1, 0.15) is 59.5 Å². The summed E-state index contributed by atoms with van der Waals surface area (Å²) >= 11 is 0. The Bertz CT molecular complexity index is 1820. The summed E-state index contributed by atoms with van der Waals surface area (Å²) in [5, 5.41) is 0.268. The molecule has 1 saturated carbocycles. The molecule has 11 nitrogen and oxygen atoms in total. The van der Waals surface area contributed by atoms with Gasteiger partial charge in [0.05, 0.1) is 37.0 Å². The van der Waals surface area contributed by atoms with E-state index in [-0.39, 0.29) is 23.8 Å². The number of nitrogens with one attached hydrogen (secondary N) is 1. The number of rotatable bonds is 9. The molecule has 3 heterocycles. The van der Waals surface area contributed by atoms with E-state index in [0.29, 0.717) is 45.0 Å². The lowest BCUT2D eigenvalue weighted by molar-refractivity contribution is 0.0408. The normalized spacial score (nSPS) is 19.9. The number of morpholine rings is 1. The average Bonchev–Trinajstić information content (AvgIpc) is 3.26. The Morgan fingerprint density at radius 2 is 1.76 bits per heavy atom. The summed E-state index contributed by atoms with van der Waals surface area (Å²) in [5.74, 6) is 0.259. The van der Waals surface area contributed by atoms with Crippen molar-refractivity contribution in [3.05, 3.63) is 53.1 Å². The second-order valence-corrected chi connectivity index (χ2v) is 17.1. The predicted octanol–water partition coefficient (Wildman–Crippen LogP) is 3.57. The van der Waals surface area contributed by atoms with Crippen molar-refractivity contribution in [1.82, 2.24) is 18.5 Å². The van der Waals surface area contributed by atoms with E-state index in [2.05, 4.69) is 14.2 Å². The van der Waals surface area contributed by atoms with Gasteiger partial charge in [0.1, 0.15) is 5.75 Å². The van der Waals surface area contributed by atoms with Crippen LogP contribution in [0.15, 0.2) is 36.4 Å². The van der Waals surface area contributed by atoms with E-state index >= 15 is 0 Å². The highest BCUT2D eigenvalue weighted by atomic mass is 32.2. The molecule has 1 atom stereocenters. The van der Waals surface area contributed by atoms with Gasteiger partial charge in [0.2, 0.25) is 0 Å². The number of carbonyl (C=O) groups excluding carboxylic acids is 1. The maximum atomic E-state index is 14.2. The largest absolute Gasteiger partial charge is 0.497 e. The molecule has 0 spiro atoms. The first-order valence-corrected chi connectivity index (χ1v) is 19.2. The lowest BCUT2D eigenvalue weighted by atomic mass is 9.81. The van der Waals surface area contributed by atoms with Crippen LogP contribution < -0.4 is 9.46 Å². The fourth-order valence-electron chi connectivity index (χ4n) is 7.17. The molecule has 250 valence electrons. The molecule has 1 saturated heterocycles. The van der Waals surface area contributed by atoms with Crippen LogP contribution in [0.3, 0.4) is 0 Å². The number of fused-ring (bicyclic) bond motifs is 5. The molecular weight excluding hydrogens is 629 g/mol. The van der Waals surface area contributed by atoms with Crippen LogP contribution in [0.4, 0.5) is 0 Å². The third-order valence-corrected chi connectivity index (χ3v) is 13.3. The quantitative estimate of drug-likeness (QED) is 0.366. The van der Waals surface area contributed by atoms with Gasteiger partial charge in [-0.15, -0.1) is 0 Å². The highest BCUT2D eigenvalue weighted by Gasteiger charge is 2.36. The lowest BCUT2D eigenvalue weighted by Crippen LogP contribution is -2.41. The highest BCUT2D eigenvalue weighted by Crippen LogP contribution is 2.47. The monoisotopic (exact) mass is 672 g/mol. The van der Waals surface area contributed by atoms with Crippen molar-refractivity contribution in [2.75, 3.05) is 59.8 Å². The lowest BCUT2D eigenvalue weighted by Gasteiger charge is -2.27. The molecule has 13 heteroatoms. The second-order valence-electron chi connectivity index (χ2n) is 12.8. The molecule has 1 amide bonds. The minimum atomic E-state index is -4.00. The van der Waals surface area contributed by atoms with Gasteiger partial charge in [-0.3, -0.25) is 9.69 Å². The Morgan fingerprint density at radius 3 is 2.46 bits per heavy atom. The number of hydrogen-bond donors (Lipinski definition) is 1. The molecule has 2 aromatic carbocycles. The van der Waals surface area contributed by atoms with Gasteiger partial charge in [0.15, 0.2) is 9.84 Å². The van der Waals surface area contributed by atoms with E-state index in [9.17, 15) is 21.6 Å². The Balaban J connectivity index is 1.50. The van der Waals surface area contributed by atoms with Gasteiger partial charge >= 0.3 is 10.2 Å². The fourth-order valence-corrected chi connectivity index (χ4v) is 9.36. The van der Waals surface area contributed by atoms with Crippen molar-refractivity contribution in [3.63, 3.8) is 0 Å². The minimum Gasteiger partial charge on any atom is -0.497 e. The number of ether oxygens (including phenoxy) is 2. The number of methoxy groups -OCH3 is 1. The van der Waals surface area contributed by atoms with Crippen LogP contribution in [0.2, 0.25) is 0 Å². The summed E-state index contributed by atoms with van der Waals surface area (Å²) in [6, 6.07) is 11.2. The fraction of sp³-hybridized carbons (Fsp3) is 0.545. The number of amides is 1. The van der Waals surface area contributed by atoms with E-state index in [1.54, 1.807) is 19.2 Å². The topological polar surface area (TPSA) is 127 Å². The van der Waals surface area contributed by atoms with Crippen LogP contribution >= 0.6 is 0 Å². The maximum Gasteiger partial charge on any atom is 0.303 e. The number of hydrogen-bond acceptors (Lipinski definition) is 8. The third kappa shape index (κ3) is 6.57. The number of aromatic nitrogens is 1. The Morgan fingerprint density at radius 1 is 1.02 bits per heavy atom. The summed E-state index contributed by atoms with van der Waals surface area (Å²) in [5.41, 5.74) is 5.00. The predicted molar refractivity (Wildman–Crippen MR) is 178 cm³/mol. The molecule has 1 N–H and O–H groups in total. The first kappa shape index (κ1) is 33.0. The van der Waals surface area contributed by atoms with Gasteiger partial charge in [0, 0.05) is 62.3 Å². The first-order chi connectivity index (χ1) is 22.0. The maximum absolute atomic E-state index is 14.2. The van der Waals surface area contributed by atoms with Gasteiger partial charge < -0.3 is 14.0 Å². The number of sulfone groups is 1. The van der Waals surface area contributed by atoms with E-state index in [1.165, 1.54) is 26.1 Å². The summed E-state index contributed by atoms with van der Waals surface area (Å²) in [6.45, 7) is 3.31. The van der Waals surface area contributed by atoms with Crippen LogP contribution in [0, 0.1) is 0 Å². The smallest absolute Gasteiger partial charge is 0.303 e. The third-order valence-electron chi connectivity index (χ3n) is 9.79. The van der Waals surface area contributed by atoms with Crippen LogP contribution in [0.25, 0.3) is 22.2 Å².